The third-order valence-electron chi connectivity index (χ3n) is 2.39. The van der Waals surface area contributed by atoms with Gasteiger partial charge in [-0.2, -0.15) is 0 Å². The van der Waals surface area contributed by atoms with Gasteiger partial charge >= 0.3 is 0 Å². The molecule has 2 rings (SSSR count). The van der Waals surface area contributed by atoms with Gasteiger partial charge < -0.3 is 11.5 Å². The van der Waals surface area contributed by atoms with Crippen LogP contribution in [-0.2, 0) is 0 Å². The first-order valence-electron chi connectivity index (χ1n) is 4.74. The molecule has 74 valence electrons. The molecule has 0 spiro atoms. The van der Waals surface area contributed by atoms with Gasteiger partial charge in [-0.25, -0.2) is 0 Å². The molecule has 0 amide bonds. The van der Waals surface area contributed by atoms with Gasteiger partial charge in [-0.3, -0.25) is 0 Å². The number of hydrogen-bond donors (Lipinski definition) is 2. The minimum Gasteiger partial charge on any atom is -0.330 e. The quantitative estimate of drug-likeness (QED) is 0.809. The van der Waals surface area contributed by atoms with Crippen molar-refractivity contribution >= 4 is 21.4 Å². The Morgan fingerprint density at radius 3 is 2.86 bits per heavy atom. The molecule has 0 aliphatic heterocycles. The van der Waals surface area contributed by atoms with Gasteiger partial charge in [0.25, 0.3) is 0 Å². The van der Waals surface area contributed by atoms with E-state index in [1.165, 1.54) is 15.6 Å². The van der Waals surface area contributed by atoms with Gasteiger partial charge in [-0.1, -0.05) is 18.2 Å². The Bertz CT molecular complexity index is 422. The SMILES string of the molecule is NCCC(N)c1csc2ccccc12. The maximum atomic E-state index is 6.04. The van der Waals surface area contributed by atoms with Crippen LogP contribution in [0.1, 0.15) is 18.0 Å². The Kier molecular flexibility index (Phi) is 2.82. The lowest BCUT2D eigenvalue weighted by Crippen LogP contribution is -2.14. The van der Waals surface area contributed by atoms with E-state index in [2.05, 4.69) is 23.6 Å². The van der Waals surface area contributed by atoms with Crippen LogP contribution in [-0.4, -0.2) is 6.54 Å². The predicted molar refractivity (Wildman–Crippen MR) is 62.4 cm³/mol. The van der Waals surface area contributed by atoms with E-state index in [-0.39, 0.29) is 6.04 Å². The van der Waals surface area contributed by atoms with Gasteiger partial charge in [-0.15, -0.1) is 11.3 Å². The first kappa shape index (κ1) is 9.65. The highest BCUT2D eigenvalue weighted by Crippen LogP contribution is 2.30. The topological polar surface area (TPSA) is 52.0 Å². The summed E-state index contributed by atoms with van der Waals surface area (Å²) >= 11 is 1.75. The Labute approximate surface area is 87.5 Å². The molecule has 1 aromatic heterocycles. The molecule has 4 N–H and O–H groups in total. The molecule has 1 unspecified atom stereocenters. The fourth-order valence-electron chi connectivity index (χ4n) is 1.62. The Morgan fingerprint density at radius 1 is 1.29 bits per heavy atom. The first-order valence-corrected chi connectivity index (χ1v) is 5.62. The summed E-state index contributed by atoms with van der Waals surface area (Å²) < 4.78 is 1.30. The summed E-state index contributed by atoms with van der Waals surface area (Å²) in [6.07, 6.45) is 0.848. The zero-order chi connectivity index (χ0) is 9.97. The summed E-state index contributed by atoms with van der Waals surface area (Å²) in [5.74, 6) is 0. The van der Waals surface area contributed by atoms with E-state index >= 15 is 0 Å². The molecule has 0 radical (unpaired) electrons. The van der Waals surface area contributed by atoms with Crippen molar-refractivity contribution in [1.82, 2.24) is 0 Å². The zero-order valence-corrected chi connectivity index (χ0v) is 8.76. The summed E-state index contributed by atoms with van der Waals surface area (Å²) in [7, 11) is 0. The molecule has 2 aromatic rings. The van der Waals surface area contributed by atoms with Crippen LogP contribution in [0, 0.1) is 0 Å². The molecule has 2 nitrogen and oxygen atoms in total. The second-order valence-electron chi connectivity index (χ2n) is 3.37. The van der Waals surface area contributed by atoms with Crippen molar-refractivity contribution in [3.05, 3.63) is 35.2 Å². The second-order valence-corrected chi connectivity index (χ2v) is 4.28. The van der Waals surface area contributed by atoms with Gasteiger partial charge in [0.1, 0.15) is 0 Å². The minimum atomic E-state index is 0.0798. The van der Waals surface area contributed by atoms with Gasteiger partial charge in [0.2, 0.25) is 0 Å². The maximum absolute atomic E-state index is 6.04. The van der Waals surface area contributed by atoms with E-state index in [0.717, 1.165) is 6.42 Å². The van der Waals surface area contributed by atoms with Gasteiger partial charge in [0, 0.05) is 10.7 Å². The maximum Gasteiger partial charge on any atom is 0.0346 e. The Hall–Kier alpha value is -0.900. The van der Waals surface area contributed by atoms with E-state index in [1.54, 1.807) is 11.3 Å². The van der Waals surface area contributed by atoms with E-state index in [9.17, 15) is 0 Å². The van der Waals surface area contributed by atoms with Crippen molar-refractivity contribution in [2.45, 2.75) is 12.5 Å². The average molecular weight is 206 g/mol. The van der Waals surface area contributed by atoms with Crippen LogP contribution in [0.4, 0.5) is 0 Å². The lowest BCUT2D eigenvalue weighted by Gasteiger charge is -2.08. The molecule has 0 saturated carbocycles. The smallest absolute Gasteiger partial charge is 0.0346 e. The van der Waals surface area contributed by atoms with Crippen molar-refractivity contribution in [1.29, 1.82) is 0 Å². The molecular formula is C11H14N2S. The van der Waals surface area contributed by atoms with Crippen LogP contribution >= 0.6 is 11.3 Å². The summed E-state index contributed by atoms with van der Waals surface area (Å²) in [6.45, 7) is 0.644. The zero-order valence-electron chi connectivity index (χ0n) is 7.94. The molecule has 0 aliphatic carbocycles. The van der Waals surface area contributed by atoms with Gasteiger partial charge in [-0.05, 0) is 35.4 Å². The van der Waals surface area contributed by atoms with Crippen LogP contribution in [0.2, 0.25) is 0 Å². The molecular weight excluding hydrogens is 192 g/mol. The largest absolute Gasteiger partial charge is 0.330 e. The van der Waals surface area contributed by atoms with Crippen molar-refractivity contribution in [2.24, 2.45) is 11.5 Å². The average Bonchev–Trinajstić information content (AvgIpc) is 2.61. The minimum absolute atomic E-state index is 0.0798. The molecule has 1 heterocycles. The van der Waals surface area contributed by atoms with Crippen LogP contribution in [0.25, 0.3) is 10.1 Å². The van der Waals surface area contributed by atoms with E-state index < -0.39 is 0 Å². The fourth-order valence-corrected chi connectivity index (χ4v) is 2.65. The molecule has 14 heavy (non-hydrogen) atoms. The van der Waals surface area contributed by atoms with E-state index in [4.69, 9.17) is 11.5 Å². The Balaban J connectivity index is 2.42. The standard InChI is InChI=1S/C11H14N2S/c12-6-5-10(13)9-7-14-11-4-2-1-3-8(9)11/h1-4,7,10H,5-6,12-13H2. The number of thiophene rings is 1. The second kappa shape index (κ2) is 4.09. The number of fused-ring (bicyclic) bond motifs is 1. The van der Waals surface area contributed by atoms with Crippen molar-refractivity contribution in [3.8, 4) is 0 Å². The third-order valence-corrected chi connectivity index (χ3v) is 3.37. The number of benzene rings is 1. The highest BCUT2D eigenvalue weighted by molar-refractivity contribution is 7.17. The molecule has 1 aromatic carbocycles. The molecule has 0 fully saturated rings. The molecule has 0 saturated heterocycles. The van der Waals surface area contributed by atoms with E-state index in [1.807, 2.05) is 6.07 Å². The number of hydrogen-bond acceptors (Lipinski definition) is 3. The van der Waals surface area contributed by atoms with Crippen LogP contribution in [0.15, 0.2) is 29.6 Å². The van der Waals surface area contributed by atoms with Crippen molar-refractivity contribution in [2.75, 3.05) is 6.54 Å². The highest BCUT2D eigenvalue weighted by Gasteiger charge is 2.10. The summed E-state index contributed by atoms with van der Waals surface area (Å²) in [5, 5.41) is 3.42. The highest BCUT2D eigenvalue weighted by atomic mass is 32.1. The fraction of sp³-hybridized carbons (Fsp3) is 0.273. The third kappa shape index (κ3) is 1.66. The molecule has 3 heteroatoms. The summed E-state index contributed by atoms with van der Waals surface area (Å²) in [5.41, 5.74) is 12.8. The number of nitrogens with two attached hydrogens (primary N) is 2. The molecule has 0 aliphatic rings. The monoisotopic (exact) mass is 206 g/mol. The molecule has 1 atom stereocenters. The van der Waals surface area contributed by atoms with E-state index in [0.29, 0.717) is 6.54 Å². The van der Waals surface area contributed by atoms with Gasteiger partial charge in [0.05, 0.1) is 0 Å². The normalized spacial score (nSPS) is 13.3. The lowest BCUT2D eigenvalue weighted by atomic mass is 10.0. The van der Waals surface area contributed by atoms with Crippen LogP contribution < -0.4 is 11.5 Å². The van der Waals surface area contributed by atoms with Crippen molar-refractivity contribution < 1.29 is 0 Å². The van der Waals surface area contributed by atoms with Gasteiger partial charge in [0.15, 0.2) is 0 Å². The van der Waals surface area contributed by atoms with Crippen molar-refractivity contribution in [3.63, 3.8) is 0 Å². The van der Waals surface area contributed by atoms with Crippen LogP contribution in [0.3, 0.4) is 0 Å². The Morgan fingerprint density at radius 2 is 2.07 bits per heavy atom. The number of rotatable bonds is 3. The molecule has 0 bridgehead atoms. The predicted octanol–water partition coefficient (Wildman–Crippen LogP) is 2.25. The summed E-state index contributed by atoms with van der Waals surface area (Å²) in [6, 6.07) is 8.43. The lowest BCUT2D eigenvalue weighted by molar-refractivity contribution is 0.667. The van der Waals surface area contributed by atoms with Crippen LogP contribution in [0.5, 0.6) is 0 Å². The first-order chi connectivity index (χ1) is 6.83. The summed E-state index contributed by atoms with van der Waals surface area (Å²) in [4.78, 5) is 0.